The molecule has 5 aromatic rings. The molecule has 280 valence electrons. The van der Waals surface area contributed by atoms with Crippen molar-refractivity contribution in [2.45, 2.75) is 55.9 Å². The van der Waals surface area contributed by atoms with Gasteiger partial charge >= 0.3 is 12.0 Å². The molecule has 1 heterocycles. The number of thioether (sulfide) groups is 1. The molecule has 1 aliphatic heterocycles. The first-order valence-corrected chi connectivity index (χ1v) is 19.0. The lowest BCUT2D eigenvalue weighted by Crippen LogP contribution is -2.47. The number of ether oxygens (including phenoxy) is 4. The van der Waals surface area contributed by atoms with Gasteiger partial charge < -0.3 is 34.7 Å². The molecule has 1 saturated heterocycles. The van der Waals surface area contributed by atoms with Gasteiger partial charge in [-0.3, -0.25) is 0 Å². The summed E-state index contributed by atoms with van der Waals surface area (Å²) < 4.78 is 23.9. The molecule has 1 fully saturated rings. The van der Waals surface area contributed by atoms with Crippen LogP contribution in [0, 0.1) is 5.92 Å². The highest BCUT2D eigenvalue weighted by molar-refractivity contribution is 7.99. The number of amides is 2. The first-order chi connectivity index (χ1) is 26.4. The van der Waals surface area contributed by atoms with E-state index >= 15 is 0 Å². The molecule has 0 unspecified atom stereocenters. The van der Waals surface area contributed by atoms with Crippen molar-refractivity contribution in [1.29, 1.82) is 0 Å². The van der Waals surface area contributed by atoms with Gasteiger partial charge in [0.05, 0.1) is 33.0 Å². The van der Waals surface area contributed by atoms with E-state index in [2.05, 4.69) is 23.6 Å². The molecule has 9 nitrogen and oxygen atoms in total. The maximum atomic E-state index is 13.0. The van der Waals surface area contributed by atoms with Crippen LogP contribution in [-0.2, 0) is 38.6 Å². The standard InChI is InChI=1S/C44H46N2O7S/c1-29-39(28-54-40-16-10-9-15-38(40)50-2)52-43(53-41(29)33-19-17-31(27-47)18-20-33)34-23-21-32(22-24-34)36-14-8-7-13-35(36)26-45-44(49)46-37(42(48)51-3)25-30-11-5-4-6-12-30/h4-24,29,37,39,41,43,47H,25-28H2,1-3H3,(H2,45,46,49)/t29-,37-,39+,41+,43+/m0/s1. The lowest BCUT2D eigenvalue weighted by atomic mass is 9.91. The van der Waals surface area contributed by atoms with E-state index in [1.54, 1.807) is 18.9 Å². The third-order valence-electron chi connectivity index (χ3n) is 9.62. The van der Waals surface area contributed by atoms with Crippen molar-refractivity contribution in [3.63, 3.8) is 0 Å². The number of aliphatic hydroxyl groups excluding tert-OH is 1. The molecule has 2 amide bonds. The number of hydrogen-bond donors (Lipinski definition) is 3. The van der Waals surface area contributed by atoms with E-state index in [1.165, 1.54) is 7.11 Å². The molecule has 5 aromatic carbocycles. The van der Waals surface area contributed by atoms with Gasteiger partial charge in [0.25, 0.3) is 0 Å². The quantitative estimate of drug-likeness (QED) is 0.0774. The number of benzene rings is 5. The molecule has 0 spiro atoms. The van der Waals surface area contributed by atoms with Crippen LogP contribution in [0.15, 0.2) is 132 Å². The zero-order valence-electron chi connectivity index (χ0n) is 30.6. The maximum Gasteiger partial charge on any atom is 0.328 e. The zero-order valence-corrected chi connectivity index (χ0v) is 31.5. The van der Waals surface area contributed by atoms with Crippen LogP contribution in [0.3, 0.4) is 0 Å². The SMILES string of the molecule is COC(=O)[C@H](Cc1ccccc1)NC(=O)NCc1ccccc1-c1ccc([C@@H]2O[C@H](CSc3ccccc3OC)[C@H](C)[C@H](c3ccc(CO)cc3)O2)cc1. The minimum Gasteiger partial charge on any atom is -0.496 e. The molecule has 0 aliphatic carbocycles. The lowest BCUT2D eigenvalue weighted by molar-refractivity contribution is -0.268. The predicted molar refractivity (Wildman–Crippen MR) is 210 cm³/mol. The second-order valence-electron chi connectivity index (χ2n) is 13.2. The monoisotopic (exact) mass is 746 g/mol. The number of para-hydroxylation sites is 1. The minimum absolute atomic E-state index is 0.0192. The van der Waals surface area contributed by atoms with E-state index < -0.39 is 24.3 Å². The number of rotatable bonds is 14. The summed E-state index contributed by atoms with van der Waals surface area (Å²) in [5, 5.41) is 15.3. The minimum atomic E-state index is -0.828. The molecule has 6 rings (SSSR count). The van der Waals surface area contributed by atoms with Crippen molar-refractivity contribution in [2.75, 3.05) is 20.0 Å². The average Bonchev–Trinajstić information content (AvgIpc) is 3.22. The van der Waals surface area contributed by atoms with E-state index in [1.807, 2.05) is 121 Å². The highest BCUT2D eigenvalue weighted by Gasteiger charge is 2.38. The number of methoxy groups -OCH3 is 2. The molecule has 0 bridgehead atoms. The summed E-state index contributed by atoms with van der Waals surface area (Å²) in [5.74, 6) is 1.06. The Morgan fingerprint density at radius 2 is 1.48 bits per heavy atom. The molecule has 0 radical (unpaired) electrons. The molecular weight excluding hydrogens is 701 g/mol. The van der Waals surface area contributed by atoms with Crippen LogP contribution in [0.25, 0.3) is 11.1 Å². The van der Waals surface area contributed by atoms with Crippen molar-refractivity contribution >= 4 is 23.8 Å². The molecule has 0 saturated carbocycles. The Bertz CT molecular complexity index is 1970. The highest BCUT2D eigenvalue weighted by Crippen LogP contribution is 2.44. The van der Waals surface area contributed by atoms with Gasteiger partial charge in [-0.1, -0.05) is 122 Å². The van der Waals surface area contributed by atoms with Gasteiger partial charge in [0.2, 0.25) is 0 Å². The van der Waals surface area contributed by atoms with Gasteiger partial charge in [-0.15, -0.1) is 11.8 Å². The zero-order chi connectivity index (χ0) is 37.9. The summed E-state index contributed by atoms with van der Waals surface area (Å²) in [6.45, 7) is 2.38. The van der Waals surface area contributed by atoms with Crippen LogP contribution in [0.1, 0.15) is 47.1 Å². The fourth-order valence-electron chi connectivity index (χ4n) is 6.57. The molecule has 0 aromatic heterocycles. The van der Waals surface area contributed by atoms with E-state index in [-0.39, 0.29) is 31.3 Å². The summed E-state index contributed by atoms with van der Waals surface area (Å²) in [4.78, 5) is 26.5. The number of carbonyl (C=O) groups is 2. The Balaban J connectivity index is 1.16. The van der Waals surface area contributed by atoms with Gasteiger partial charge in [0.15, 0.2) is 6.29 Å². The number of carbonyl (C=O) groups excluding carboxylic acids is 2. The third-order valence-corrected chi connectivity index (χ3v) is 10.8. The second-order valence-corrected chi connectivity index (χ2v) is 14.2. The number of aliphatic hydroxyl groups is 1. The van der Waals surface area contributed by atoms with Gasteiger partial charge in [-0.05, 0) is 45.5 Å². The number of hydrogen-bond acceptors (Lipinski definition) is 8. The molecule has 1 aliphatic rings. The first kappa shape index (κ1) is 38.6. The van der Waals surface area contributed by atoms with Gasteiger partial charge in [0, 0.05) is 35.1 Å². The molecular formula is C44H46N2O7S. The summed E-state index contributed by atoms with van der Waals surface area (Å²) in [7, 11) is 2.99. The molecule has 5 atom stereocenters. The van der Waals surface area contributed by atoms with Crippen molar-refractivity contribution in [3.05, 3.63) is 155 Å². The van der Waals surface area contributed by atoms with Crippen LogP contribution in [-0.4, -0.2) is 49.2 Å². The molecule has 54 heavy (non-hydrogen) atoms. The summed E-state index contributed by atoms with van der Waals surface area (Å²) >= 11 is 1.70. The first-order valence-electron chi connectivity index (χ1n) is 18.0. The average molecular weight is 747 g/mol. The van der Waals surface area contributed by atoms with Crippen LogP contribution in [0.5, 0.6) is 5.75 Å². The van der Waals surface area contributed by atoms with E-state index in [0.717, 1.165) is 49.6 Å². The van der Waals surface area contributed by atoms with E-state index in [9.17, 15) is 14.7 Å². The summed E-state index contributed by atoms with van der Waals surface area (Å²) in [5.41, 5.74) is 6.52. The Hall–Kier alpha value is -5.13. The topological polar surface area (TPSA) is 115 Å². The van der Waals surface area contributed by atoms with E-state index in [4.69, 9.17) is 18.9 Å². The largest absolute Gasteiger partial charge is 0.496 e. The van der Waals surface area contributed by atoms with E-state index in [0.29, 0.717) is 12.2 Å². The second kappa shape index (κ2) is 18.8. The van der Waals surface area contributed by atoms with Gasteiger partial charge in [-0.2, -0.15) is 0 Å². The Labute approximate surface area is 321 Å². The van der Waals surface area contributed by atoms with Crippen LogP contribution in [0.2, 0.25) is 0 Å². The smallest absolute Gasteiger partial charge is 0.328 e. The molecule has 3 N–H and O–H groups in total. The van der Waals surface area contributed by atoms with Crippen LogP contribution < -0.4 is 15.4 Å². The number of urea groups is 1. The third kappa shape index (κ3) is 9.69. The Morgan fingerprint density at radius 1 is 0.796 bits per heavy atom. The van der Waals surface area contributed by atoms with Crippen LogP contribution in [0.4, 0.5) is 4.79 Å². The predicted octanol–water partition coefficient (Wildman–Crippen LogP) is 8.02. The van der Waals surface area contributed by atoms with Gasteiger partial charge in [-0.25, -0.2) is 9.59 Å². The molecule has 10 heteroatoms. The Morgan fingerprint density at radius 3 is 2.20 bits per heavy atom. The van der Waals surface area contributed by atoms with Crippen molar-refractivity contribution < 1.29 is 33.6 Å². The summed E-state index contributed by atoms with van der Waals surface area (Å²) in [6, 6.07) is 40.1. The number of esters is 1. The summed E-state index contributed by atoms with van der Waals surface area (Å²) in [6.07, 6.45) is -0.663. The highest BCUT2D eigenvalue weighted by atomic mass is 32.2. The van der Waals surface area contributed by atoms with Crippen molar-refractivity contribution in [1.82, 2.24) is 10.6 Å². The lowest BCUT2D eigenvalue weighted by Gasteiger charge is -2.41. The Kier molecular flexibility index (Phi) is 13.4. The van der Waals surface area contributed by atoms with Crippen molar-refractivity contribution in [3.8, 4) is 16.9 Å². The maximum absolute atomic E-state index is 13.0. The number of nitrogens with one attached hydrogen (secondary N) is 2. The fraction of sp³-hybridized carbons (Fsp3) is 0.273. The fourth-order valence-corrected chi connectivity index (χ4v) is 7.76. The van der Waals surface area contributed by atoms with Crippen molar-refractivity contribution in [2.24, 2.45) is 5.92 Å². The van der Waals surface area contributed by atoms with Crippen LogP contribution >= 0.6 is 11.8 Å². The normalized spacial score (nSPS) is 18.7. The van der Waals surface area contributed by atoms with Gasteiger partial charge in [0.1, 0.15) is 11.8 Å².